The lowest BCUT2D eigenvalue weighted by Crippen LogP contribution is -2.27. The van der Waals surface area contributed by atoms with Crippen LogP contribution in [0, 0.1) is 13.8 Å². The van der Waals surface area contributed by atoms with Crippen LogP contribution in [0.25, 0.3) is 21.8 Å². The summed E-state index contributed by atoms with van der Waals surface area (Å²) in [5.41, 5.74) is 16.0. The van der Waals surface area contributed by atoms with Crippen LogP contribution in [0.5, 0.6) is 0 Å². The second kappa shape index (κ2) is 8.22. The van der Waals surface area contributed by atoms with Gasteiger partial charge in [-0.25, -0.2) is 5.43 Å². The van der Waals surface area contributed by atoms with Crippen molar-refractivity contribution in [3.05, 3.63) is 71.0 Å². The summed E-state index contributed by atoms with van der Waals surface area (Å²) in [6, 6.07) is 16.6. The molecule has 0 aliphatic carbocycles. The lowest BCUT2D eigenvalue weighted by atomic mass is 10.1. The Morgan fingerprint density at radius 3 is 2.21 bits per heavy atom. The molecule has 4 aromatic rings. The summed E-state index contributed by atoms with van der Waals surface area (Å²) in [7, 11) is 0. The highest BCUT2D eigenvalue weighted by atomic mass is 15.3. The smallest absolute Gasteiger partial charge is 0.209 e. The molecule has 6 heteroatoms. The zero-order valence-electron chi connectivity index (χ0n) is 16.8. The van der Waals surface area contributed by atoms with Crippen LogP contribution in [-0.2, 0) is 12.8 Å². The van der Waals surface area contributed by atoms with Crippen LogP contribution in [0.4, 0.5) is 0 Å². The molecule has 0 spiro atoms. The maximum absolute atomic E-state index is 5.95. The number of aromatic amines is 2. The van der Waals surface area contributed by atoms with Gasteiger partial charge in [-0.05, 0) is 43.5 Å². The summed E-state index contributed by atoms with van der Waals surface area (Å²) in [6.45, 7) is 4.79. The van der Waals surface area contributed by atoms with E-state index in [1.165, 1.54) is 27.6 Å². The number of nitrogens with one attached hydrogen (secondary N) is 3. The summed E-state index contributed by atoms with van der Waals surface area (Å²) in [6.07, 6.45) is 3.38. The number of rotatable bonds is 6. The van der Waals surface area contributed by atoms with E-state index in [9.17, 15) is 0 Å². The lowest BCUT2D eigenvalue weighted by molar-refractivity contribution is 0.921. The summed E-state index contributed by atoms with van der Waals surface area (Å²) >= 11 is 0. The van der Waals surface area contributed by atoms with E-state index in [0.29, 0.717) is 12.5 Å². The number of aliphatic imine (C=N–C) groups is 1. The molecule has 4 rings (SSSR count). The molecule has 0 saturated carbocycles. The Kier molecular flexibility index (Phi) is 5.33. The summed E-state index contributed by atoms with van der Waals surface area (Å²) < 4.78 is 0. The predicted octanol–water partition coefficient (Wildman–Crippen LogP) is 3.94. The first-order valence-electron chi connectivity index (χ1n) is 9.83. The minimum atomic E-state index is 0.328. The van der Waals surface area contributed by atoms with E-state index >= 15 is 0 Å². The zero-order chi connectivity index (χ0) is 20.2. The first kappa shape index (κ1) is 18.8. The average molecular weight is 387 g/mol. The van der Waals surface area contributed by atoms with Gasteiger partial charge in [-0.2, -0.15) is 5.10 Å². The Labute approximate surface area is 169 Å². The number of hydrogen-bond acceptors (Lipinski definition) is 2. The largest absolute Gasteiger partial charge is 0.369 e. The standard InChI is InChI=1S/C23H26N6/c1-15-17(19-7-3-5-9-21(19)27-15)11-13-25-23(24)29-26-14-12-18-16(2)28-22-10-6-4-8-20(18)22/h3-10,14,27-28H,11-13H2,1-2H3,(H3,24,25,29). The zero-order valence-corrected chi connectivity index (χ0v) is 16.8. The third-order valence-corrected chi connectivity index (χ3v) is 5.26. The minimum Gasteiger partial charge on any atom is -0.369 e. The van der Waals surface area contributed by atoms with E-state index in [2.05, 4.69) is 75.7 Å². The normalized spacial score (nSPS) is 12.4. The van der Waals surface area contributed by atoms with Gasteiger partial charge in [-0.1, -0.05) is 36.4 Å². The van der Waals surface area contributed by atoms with Crippen molar-refractivity contribution in [1.29, 1.82) is 0 Å². The summed E-state index contributed by atoms with van der Waals surface area (Å²) in [5, 5.41) is 6.70. The number of aromatic nitrogens is 2. The lowest BCUT2D eigenvalue weighted by Gasteiger charge is -2.02. The number of benzene rings is 2. The van der Waals surface area contributed by atoms with E-state index in [4.69, 9.17) is 5.73 Å². The fourth-order valence-corrected chi connectivity index (χ4v) is 3.83. The van der Waals surface area contributed by atoms with Gasteiger partial charge < -0.3 is 15.7 Å². The van der Waals surface area contributed by atoms with Gasteiger partial charge >= 0.3 is 0 Å². The number of aryl methyl sites for hydroxylation is 2. The molecule has 0 saturated heterocycles. The molecule has 0 aliphatic heterocycles. The van der Waals surface area contributed by atoms with E-state index in [1.807, 2.05) is 18.3 Å². The Hall–Kier alpha value is -3.54. The van der Waals surface area contributed by atoms with E-state index < -0.39 is 0 Å². The fourth-order valence-electron chi connectivity index (χ4n) is 3.83. The number of para-hydroxylation sites is 2. The molecule has 148 valence electrons. The summed E-state index contributed by atoms with van der Waals surface area (Å²) in [5.74, 6) is 0.328. The topological polar surface area (TPSA) is 94.3 Å². The molecule has 29 heavy (non-hydrogen) atoms. The van der Waals surface area contributed by atoms with Crippen LogP contribution >= 0.6 is 0 Å². The number of fused-ring (bicyclic) bond motifs is 2. The monoisotopic (exact) mass is 386 g/mol. The molecule has 0 aliphatic rings. The number of guanidine groups is 1. The molecule has 2 heterocycles. The third-order valence-electron chi connectivity index (χ3n) is 5.26. The van der Waals surface area contributed by atoms with Gasteiger partial charge in [0.1, 0.15) is 0 Å². The SMILES string of the molecule is Cc1[nH]c2ccccc2c1CC=NNC(N)=NCCc1c(C)[nH]c2ccccc12. The Morgan fingerprint density at radius 1 is 0.931 bits per heavy atom. The Bertz CT molecular complexity index is 1190. The van der Waals surface area contributed by atoms with Crippen molar-refractivity contribution in [1.82, 2.24) is 15.4 Å². The molecule has 0 fully saturated rings. The fraction of sp³-hybridized carbons (Fsp3) is 0.217. The van der Waals surface area contributed by atoms with Crippen molar-refractivity contribution in [3.8, 4) is 0 Å². The van der Waals surface area contributed by atoms with E-state index in [1.54, 1.807) is 0 Å². The second-order valence-corrected chi connectivity index (χ2v) is 7.19. The second-order valence-electron chi connectivity index (χ2n) is 7.19. The van der Waals surface area contributed by atoms with Gasteiger partial charge in [0.2, 0.25) is 5.96 Å². The van der Waals surface area contributed by atoms with E-state index in [-0.39, 0.29) is 0 Å². The highest BCUT2D eigenvalue weighted by molar-refractivity contribution is 5.87. The number of nitrogens with zero attached hydrogens (tertiary/aromatic N) is 2. The summed E-state index contributed by atoms with van der Waals surface area (Å²) in [4.78, 5) is 11.2. The van der Waals surface area contributed by atoms with Crippen molar-refractivity contribution in [2.24, 2.45) is 15.8 Å². The van der Waals surface area contributed by atoms with Gasteiger partial charge in [0.15, 0.2) is 0 Å². The number of H-pyrrole nitrogens is 2. The number of hydrogen-bond donors (Lipinski definition) is 4. The van der Waals surface area contributed by atoms with Crippen molar-refractivity contribution in [2.75, 3.05) is 6.54 Å². The maximum atomic E-state index is 5.95. The molecule has 6 nitrogen and oxygen atoms in total. The molecule has 0 unspecified atom stereocenters. The van der Waals surface area contributed by atoms with Crippen molar-refractivity contribution in [3.63, 3.8) is 0 Å². The van der Waals surface area contributed by atoms with Gasteiger partial charge in [-0.15, -0.1) is 0 Å². The average Bonchev–Trinajstić information content (AvgIpc) is 3.21. The van der Waals surface area contributed by atoms with Crippen LogP contribution in [0.15, 0.2) is 58.6 Å². The van der Waals surface area contributed by atoms with Gasteiger partial charge in [0.25, 0.3) is 0 Å². The molecule has 0 atom stereocenters. The minimum absolute atomic E-state index is 0.328. The molecule has 0 radical (unpaired) electrons. The number of hydrazone groups is 1. The van der Waals surface area contributed by atoms with Crippen molar-refractivity contribution < 1.29 is 0 Å². The Morgan fingerprint density at radius 2 is 1.52 bits per heavy atom. The molecule has 2 aromatic heterocycles. The molecular formula is C23H26N6. The van der Waals surface area contributed by atoms with E-state index in [0.717, 1.165) is 29.6 Å². The van der Waals surface area contributed by atoms with Gasteiger partial charge in [-0.3, -0.25) is 4.99 Å². The van der Waals surface area contributed by atoms with Crippen molar-refractivity contribution in [2.45, 2.75) is 26.7 Å². The van der Waals surface area contributed by atoms with Gasteiger partial charge in [0.05, 0.1) is 0 Å². The third kappa shape index (κ3) is 4.01. The van der Waals surface area contributed by atoms with Crippen LogP contribution in [0.1, 0.15) is 22.5 Å². The first-order chi connectivity index (χ1) is 14.1. The van der Waals surface area contributed by atoms with Gasteiger partial charge in [0, 0.05) is 52.4 Å². The molecule has 0 amide bonds. The van der Waals surface area contributed by atoms with Crippen molar-refractivity contribution >= 4 is 34.0 Å². The molecule has 5 N–H and O–H groups in total. The highest BCUT2D eigenvalue weighted by Gasteiger charge is 2.07. The maximum Gasteiger partial charge on any atom is 0.209 e. The Balaban J connectivity index is 1.33. The van der Waals surface area contributed by atoms with Crippen LogP contribution in [0.2, 0.25) is 0 Å². The van der Waals surface area contributed by atoms with Crippen LogP contribution in [-0.4, -0.2) is 28.7 Å². The number of nitrogens with two attached hydrogens (primary N) is 1. The van der Waals surface area contributed by atoms with Crippen LogP contribution in [0.3, 0.4) is 0 Å². The molecule has 0 bridgehead atoms. The highest BCUT2D eigenvalue weighted by Crippen LogP contribution is 2.22. The molecular weight excluding hydrogens is 360 g/mol. The first-order valence-corrected chi connectivity index (χ1v) is 9.83. The molecule has 2 aromatic carbocycles. The van der Waals surface area contributed by atoms with Crippen LogP contribution < -0.4 is 11.2 Å². The quantitative estimate of drug-likeness (QED) is 0.229. The predicted molar refractivity (Wildman–Crippen MR) is 122 cm³/mol.